The van der Waals surface area contributed by atoms with E-state index in [9.17, 15) is 19.5 Å². The smallest absolute Gasteiger partial charge is 0.410 e. The van der Waals surface area contributed by atoms with Crippen molar-refractivity contribution in [3.8, 4) is 0 Å². The molecular weight excluding hydrogens is 496 g/mol. The number of unbranched alkanes of at least 4 members (excludes halogenated alkanes) is 2. The van der Waals surface area contributed by atoms with Gasteiger partial charge in [0.05, 0.1) is 6.61 Å². The van der Waals surface area contributed by atoms with Crippen LogP contribution in [0.25, 0.3) is 0 Å². The Labute approximate surface area is 221 Å². The van der Waals surface area contributed by atoms with Gasteiger partial charge >= 0.3 is 11.8 Å². The van der Waals surface area contributed by atoms with Gasteiger partial charge in [-0.15, -0.1) is 11.8 Å². The van der Waals surface area contributed by atoms with Gasteiger partial charge in [0.1, 0.15) is 23.1 Å². The summed E-state index contributed by atoms with van der Waals surface area (Å²) in [5, 5.41) is 11.8. The molecule has 3 rings (SSSR count). The summed E-state index contributed by atoms with van der Waals surface area (Å²) in [5.74, 6) is 0.496. The van der Waals surface area contributed by atoms with Crippen LogP contribution in [-0.4, -0.2) is 61.5 Å². The number of carbonyl (C=O) groups is 2. The largest absolute Gasteiger partial charge is 0.444 e. The Balaban J connectivity index is 1.43. The van der Waals surface area contributed by atoms with Crippen LogP contribution in [0.15, 0.2) is 47.4 Å². The molecule has 2 atom stereocenters. The highest BCUT2D eigenvalue weighted by Crippen LogP contribution is 2.30. The maximum atomic E-state index is 12.7. The van der Waals surface area contributed by atoms with Crippen LogP contribution in [0.4, 0.5) is 10.6 Å². The summed E-state index contributed by atoms with van der Waals surface area (Å²) in [5.41, 5.74) is -0.439. The first-order valence-electron chi connectivity index (χ1n) is 12.4. The maximum Gasteiger partial charge on any atom is 0.410 e. The minimum absolute atomic E-state index is 0.121. The molecule has 0 bridgehead atoms. The van der Waals surface area contributed by atoms with Crippen molar-refractivity contribution < 1.29 is 24.2 Å². The fourth-order valence-corrected chi connectivity index (χ4v) is 4.65. The Morgan fingerprint density at radius 1 is 1.22 bits per heavy atom. The summed E-state index contributed by atoms with van der Waals surface area (Å²) in [7, 11) is 0. The molecule has 0 saturated carbocycles. The molecule has 0 aliphatic carbocycles. The van der Waals surface area contributed by atoms with Crippen LogP contribution in [0, 0.1) is 0 Å². The molecule has 10 nitrogen and oxygen atoms in total. The predicted molar refractivity (Wildman–Crippen MR) is 142 cm³/mol. The molecule has 1 aromatic heterocycles. The van der Waals surface area contributed by atoms with Crippen LogP contribution in [0.5, 0.6) is 0 Å². The second-order valence-corrected chi connectivity index (χ2v) is 11.0. The zero-order valence-corrected chi connectivity index (χ0v) is 22.4. The molecule has 0 unspecified atom stereocenters. The summed E-state index contributed by atoms with van der Waals surface area (Å²) in [6, 6.07) is 11.3. The molecule has 1 aliphatic rings. The third kappa shape index (κ3) is 9.49. The van der Waals surface area contributed by atoms with Gasteiger partial charge in [0, 0.05) is 31.5 Å². The number of hydrogen-bond acceptors (Lipinski definition) is 8. The minimum atomic E-state index is -0.580. The number of nitrogens with zero attached hydrogens (tertiary/aromatic N) is 3. The number of rotatable bonds is 11. The molecule has 1 fully saturated rings. The van der Waals surface area contributed by atoms with Crippen molar-refractivity contribution in [3.63, 3.8) is 0 Å². The van der Waals surface area contributed by atoms with E-state index in [0.717, 1.165) is 18.4 Å². The Bertz CT molecular complexity index is 1090. The Morgan fingerprint density at radius 3 is 2.62 bits per heavy atom. The zero-order chi connectivity index (χ0) is 26.8. The van der Waals surface area contributed by atoms with E-state index in [4.69, 9.17) is 9.47 Å². The fraction of sp³-hybridized carbons (Fsp3) is 0.538. The van der Waals surface area contributed by atoms with Crippen molar-refractivity contribution in [2.24, 2.45) is 0 Å². The van der Waals surface area contributed by atoms with Gasteiger partial charge in [0.2, 0.25) is 5.91 Å². The average Bonchev–Trinajstić information content (AvgIpc) is 3.32. The second kappa shape index (κ2) is 13.6. The number of aromatic nitrogens is 2. The van der Waals surface area contributed by atoms with Gasteiger partial charge in [-0.05, 0) is 45.2 Å². The summed E-state index contributed by atoms with van der Waals surface area (Å²) >= 11 is 1.43. The molecule has 2 N–H and O–H groups in total. The van der Waals surface area contributed by atoms with Crippen molar-refractivity contribution in [2.45, 2.75) is 70.3 Å². The Hall–Kier alpha value is -2.89. The number of ether oxygens (including phenoxy) is 2. The lowest BCUT2D eigenvalue weighted by Crippen LogP contribution is -2.37. The van der Waals surface area contributed by atoms with Crippen LogP contribution >= 0.6 is 11.8 Å². The zero-order valence-electron chi connectivity index (χ0n) is 21.6. The molecule has 1 aromatic carbocycles. The number of thioether (sulfide) groups is 1. The van der Waals surface area contributed by atoms with E-state index in [1.165, 1.54) is 22.5 Å². The van der Waals surface area contributed by atoms with Gasteiger partial charge in [0.15, 0.2) is 0 Å². The van der Waals surface area contributed by atoms with Gasteiger partial charge in [-0.1, -0.05) is 36.8 Å². The number of anilines is 1. The number of aliphatic hydroxyl groups excluding tert-OH is 1. The normalized spacial score (nSPS) is 17.4. The van der Waals surface area contributed by atoms with Crippen molar-refractivity contribution in [1.29, 1.82) is 0 Å². The van der Waals surface area contributed by atoms with Crippen LogP contribution < -0.4 is 11.0 Å². The lowest BCUT2D eigenvalue weighted by Gasteiger charge is -2.27. The summed E-state index contributed by atoms with van der Waals surface area (Å²) in [4.78, 5) is 43.0. The second-order valence-electron chi connectivity index (χ2n) is 9.79. The molecular formula is C26H36N4O6S. The molecule has 11 heteroatoms. The van der Waals surface area contributed by atoms with Crippen molar-refractivity contribution in [1.82, 2.24) is 14.5 Å². The first-order valence-corrected chi connectivity index (χ1v) is 13.5. The Kier molecular flexibility index (Phi) is 10.5. The minimum Gasteiger partial charge on any atom is -0.444 e. The highest BCUT2D eigenvalue weighted by Gasteiger charge is 2.27. The standard InChI is InChI=1S/C26H36N4O6S/c1-26(2,3)36-25(34)29(16-19-10-6-4-7-11-19)14-9-5-8-12-21(32)27-20-13-15-30(24(33)28-20)22-18-37-23(17-31)35-22/h4,6-7,10-11,13,15,22-23,31H,5,8-9,12,14,16-18H2,1-3H3,(H,27,28,32,33)/t22-,23+/m0/s1. The van der Waals surface area contributed by atoms with Gasteiger partial charge in [0.25, 0.3) is 0 Å². The van der Waals surface area contributed by atoms with E-state index in [1.54, 1.807) is 11.0 Å². The van der Waals surface area contributed by atoms with Crippen molar-refractivity contribution in [2.75, 3.05) is 24.2 Å². The van der Waals surface area contributed by atoms with E-state index in [0.29, 0.717) is 25.3 Å². The summed E-state index contributed by atoms with van der Waals surface area (Å²) in [6.07, 6.45) is 3.06. The molecule has 0 radical (unpaired) electrons. The van der Waals surface area contributed by atoms with Gasteiger partial charge in [-0.3, -0.25) is 9.36 Å². The predicted octanol–water partition coefficient (Wildman–Crippen LogP) is 3.76. The van der Waals surface area contributed by atoms with Gasteiger partial charge in [-0.2, -0.15) is 4.98 Å². The highest BCUT2D eigenvalue weighted by molar-refractivity contribution is 8.00. The number of benzene rings is 1. The van der Waals surface area contributed by atoms with Crippen molar-refractivity contribution in [3.05, 3.63) is 58.6 Å². The molecule has 2 amide bonds. The molecule has 1 aliphatic heterocycles. The SMILES string of the molecule is CC(C)(C)OC(=O)N(CCCCCC(=O)Nc1ccn([C@@H]2CS[C@H](CO)O2)c(=O)n1)Cc1ccccc1. The van der Waals surface area contributed by atoms with Gasteiger partial charge in [-0.25, -0.2) is 9.59 Å². The maximum absolute atomic E-state index is 12.7. The van der Waals surface area contributed by atoms with Gasteiger partial charge < -0.3 is 24.8 Å². The molecule has 2 aromatic rings. The fourth-order valence-electron chi connectivity index (χ4n) is 3.72. The molecule has 37 heavy (non-hydrogen) atoms. The third-order valence-corrected chi connectivity index (χ3v) is 6.60. The Morgan fingerprint density at radius 2 is 1.97 bits per heavy atom. The molecule has 1 saturated heterocycles. The van der Waals surface area contributed by atoms with Crippen molar-refractivity contribution >= 4 is 29.6 Å². The third-order valence-electron chi connectivity index (χ3n) is 5.49. The number of aliphatic hydroxyl groups is 1. The molecule has 202 valence electrons. The number of hydrogen-bond donors (Lipinski definition) is 2. The average molecular weight is 533 g/mol. The monoisotopic (exact) mass is 532 g/mol. The van der Waals surface area contributed by atoms with Crippen LogP contribution in [0.3, 0.4) is 0 Å². The van der Waals surface area contributed by atoms with Crippen LogP contribution in [-0.2, 0) is 20.8 Å². The van der Waals surface area contributed by atoms with E-state index in [1.807, 2.05) is 51.1 Å². The number of amides is 2. The topological polar surface area (TPSA) is 123 Å². The highest BCUT2D eigenvalue weighted by atomic mass is 32.2. The molecule has 0 spiro atoms. The van der Waals surface area contributed by atoms with Crippen LogP contribution in [0.2, 0.25) is 0 Å². The van der Waals surface area contributed by atoms with E-state index >= 15 is 0 Å². The number of carbonyl (C=O) groups excluding carboxylic acids is 2. The van der Waals surface area contributed by atoms with E-state index in [-0.39, 0.29) is 36.3 Å². The quantitative estimate of drug-likeness (QED) is 0.420. The first kappa shape index (κ1) is 28.7. The van der Waals surface area contributed by atoms with E-state index in [2.05, 4.69) is 10.3 Å². The molecule has 2 heterocycles. The summed E-state index contributed by atoms with van der Waals surface area (Å²) in [6.45, 7) is 6.38. The first-order chi connectivity index (χ1) is 17.6. The number of nitrogens with one attached hydrogen (secondary N) is 1. The van der Waals surface area contributed by atoms with Crippen LogP contribution in [0.1, 0.15) is 58.2 Å². The van der Waals surface area contributed by atoms with E-state index < -0.39 is 17.5 Å². The lowest BCUT2D eigenvalue weighted by atomic mass is 10.1. The lowest BCUT2D eigenvalue weighted by molar-refractivity contribution is -0.116. The summed E-state index contributed by atoms with van der Waals surface area (Å²) < 4.78 is 12.5.